The van der Waals surface area contributed by atoms with Crippen LogP contribution in [0.3, 0.4) is 0 Å². The molecule has 1 unspecified atom stereocenters. The fourth-order valence-electron chi connectivity index (χ4n) is 2.61. The van der Waals surface area contributed by atoms with Crippen molar-refractivity contribution in [3.63, 3.8) is 0 Å². The molecule has 2 aromatic rings. The fourth-order valence-corrected chi connectivity index (χ4v) is 3.06. The van der Waals surface area contributed by atoms with Gasteiger partial charge in [0.1, 0.15) is 0 Å². The smallest absolute Gasteiger partial charge is 0.0177 e. The van der Waals surface area contributed by atoms with E-state index in [1.807, 2.05) is 0 Å². The van der Waals surface area contributed by atoms with Gasteiger partial charge >= 0.3 is 0 Å². The highest BCUT2D eigenvalue weighted by Gasteiger charge is 2.15. The maximum absolute atomic E-state index is 3.67. The van der Waals surface area contributed by atoms with E-state index in [2.05, 4.69) is 96.6 Å². The molecular formula is C20H26BrN. The Bertz CT molecular complexity index is 572. The highest BCUT2D eigenvalue weighted by Crippen LogP contribution is 2.18. The van der Waals surface area contributed by atoms with Gasteiger partial charge in [-0.1, -0.05) is 58.4 Å². The molecule has 1 atom stereocenters. The molecule has 0 aromatic heterocycles. The predicted molar refractivity (Wildman–Crippen MR) is 99.2 cm³/mol. The Morgan fingerprint density at radius 1 is 0.909 bits per heavy atom. The Morgan fingerprint density at radius 3 is 2.18 bits per heavy atom. The van der Waals surface area contributed by atoms with Crippen molar-refractivity contribution in [1.82, 2.24) is 5.32 Å². The van der Waals surface area contributed by atoms with Gasteiger partial charge in [-0.15, -0.1) is 0 Å². The van der Waals surface area contributed by atoms with Crippen LogP contribution in [-0.4, -0.2) is 12.1 Å². The molecule has 1 nitrogen and oxygen atoms in total. The molecule has 0 spiro atoms. The van der Waals surface area contributed by atoms with Crippen LogP contribution in [-0.2, 0) is 12.8 Å². The number of benzene rings is 2. The van der Waals surface area contributed by atoms with E-state index in [9.17, 15) is 0 Å². The van der Waals surface area contributed by atoms with Crippen molar-refractivity contribution in [2.45, 2.75) is 39.2 Å². The fraction of sp³-hybridized carbons (Fsp3) is 0.400. The van der Waals surface area contributed by atoms with Gasteiger partial charge in [0.25, 0.3) is 0 Å². The second-order valence-corrected chi connectivity index (χ2v) is 7.94. The first-order chi connectivity index (χ1) is 10.4. The molecule has 1 N–H and O–H groups in total. The quantitative estimate of drug-likeness (QED) is 0.743. The molecule has 0 saturated carbocycles. The summed E-state index contributed by atoms with van der Waals surface area (Å²) in [6, 6.07) is 19.5. The third-order valence-electron chi connectivity index (χ3n) is 3.70. The number of nitrogens with one attached hydrogen (secondary N) is 1. The van der Waals surface area contributed by atoms with Crippen molar-refractivity contribution in [1.29, 1.82) is 0 Å². The molecule has 0 aliphatic heterocycles. The van der Waals surface area contributed by atoms with Gasteiger partial charge in [0.2, 0.25) is 0 Å². The van der Waals surface area contributed by atoms with Gasteiger partial charge in [-0.3, -0.25) is 0 Å². The third-order valence-corrected chi connectivity index (χ3v) is 4.19. The van der Waals surface area contributed by atoms with Crippen molar-refractivity contribution >= 4 is 15.9 Å². The summed E-state index contributed by atoms with van der Waals surface area (Å²) in [5.74, 6) is 0.593. The van der Waals surface area contributed by atoms with E-state index in [0.29, 0.717) is 5.92 Å². The second-order valence-electron chi connectivity index (χ2n) is 7.02. The minimum absolute atomic E-state index is 0.159. The summed E-state index contributed by atoms with van der Waals surface area (Å²) < 4.78 is 1.16. The van der Waals surface area contributed by atoms with Gasteiger partial charge in [0.05, 0.1) is 0 Å². The van der Waals surface area contributed by atoms with E-state index in [1.54, 1.807) is 0 Å². The number of hydrogen-bond donors (Lipinski definition) is 1. The molecular weight excluding hydrogens is 334 g/mol. The summed E-state index contributed by atoms with van der Waals surface area (Å²) >= 11 is 3.57. The van der Waals surface area contributed by atoms with Crippen LogP contribution in [0.2, 0.25) is 0 Å². The monoisotopic (exact) mass is 359 g/mol. The SMILES string of the molecule is CC(C)(C)NCC(Cc1ccccc1)Cc1cccc(Br)c1. The van der Waals surface area contributed by atoms with Crippen LogP contribution in [0.4, 0.5) is 0 Å². The Kier molecular flexibility index (Phi) is 6.22. The van der Waals surface area contributed by atoms with Crippen LogP contribution in [0.1, 0.15) is 31.9 Å². The van der Waals surface area contributed by atoms with Crippen LogP contribution in [0, 0.1) is 5.92 Å². The van der Waals surface area contributed by atoms with Gasteiger partial charge in [-0.25, -0.2) is 0 Å². The highest BCUT2D eigenvalue weighted by molar-refractivity contribution is 9.10. The molecule has 2 aromatic carbocycles. The van der Waals surface area contributed by atoms with Gasteiger partial charge < -0.3 is 5.32 Å². The second kappa shape index (κ2) is 7.94. The lowest BCUT2D eigenvalue weighted by atomic mass is 9.91. The summed E-state index contributed by atoms with van der Waals surface area (Å²) in [5, 5.41) is 3.67. The van der Waals surface area contributed by atoms with E-state index in [4.69, 9.17) is 0 Å². The zero-order chi connectivity index (χ0) is 16.0. The van der Waals surface area contributed by atoms with Gasteiger partial charge in [0, 0.05) is 10.0 Å². The first-order valence-corrected chi connectivity index (χ1v) is 8.75. The van der Waals surface area contributed by atoms with Crippen LogP contribution < -0.4 is 5.32 Å². The molecule has 0 aliphatic carbocycles. The highest BCUT2D eigenvalue weighted by atomic mass is 79.9. The first kappa shape index (κ1) is 17.2. The van der Waals surface area contributed by atoms with Crippen LogP contribution in [0.5, 0.6) is 0 Å². The predicted octanol–water partition coefficient (Wildman–Crippen LogP) is 5.24. The van der Waals surface area contributed by atoms with E-state index in [-0.39, 0.29) is 5.54 Å². The van der Waals surface area contributed by atoms with Crippen molar-refractivity contribution in [2.75, 3.05) is 6.54 Å². The van der Waals surface area contributed by atoms with Crippen LogP contribution >= 0.6 is 15.9 Å². The molecule has 0 fully saturated rings. The summed E-state index contributed by atoms with van der Waals surface area (Å²) in [5.41, 5.74) is 2.97. The van der Waals surface area contributed by atoms with Crippen molar-refractivity contribution in [3.8, 4) is 0 Å². The Labute approximate surface area is 143 Å². The Balaban J connectivity index is 2.07. The molecule has 0 heterocycles. The maximum Gasteiger partial charge on any atom is 0.0177 e. The van der Waals surface area contributed by atoms with Crippen molar-refractivity contribution < 1.29 is 0 Å². The lowest BCUT2D eigenvalue weighted by Crippen LogP contribution is -2.40. The standard InChI is InChI=1S/C20H26BrN/c1-20(2,3)22-15-18(12-16-8-5-4-6-9-16)13-17-10-7-11-19(21)14-17/h4-11,14,18,22H,12-13,15H2,1-3H3. The van der Waals surface area contributed by atoms with Gasteiger partial charge in [-0.2, -0.15) is 0 Å². The zero-order valence-corrected chi connectivity index (χ0v) is 15.4. The normalized spacial score (nSPS) is 13.1. The van der Waals surface area contributed by atoms with E-state index >= 15 is 0 Å². The molecule has 0 radical (unpaired) electrons. The molecule has 0 aliphatic rings. The average Bonchev–Trinajstić information content (AvgIpc) is 2.45. The number of halogens is 1. The largest absolute Gasteiger partial charge is 0.312 e. The summed E-state index contributed by atoms with van der Waals surface area (Å²) in [6.07, 6.45) is 2.20. The first-order valence-electron chi connectivity index (χ1n) is 7.96. The molecule has 2 rings (SSSR count). The molecule has 2 heteroatoms. The van der Waals surface area contributed by atoms with Gasteiger partial charge in [0.15, 0.2) is 0 Å². The van der Waals surface area contributed by atoms with E-state index in [1.165, 1.54) is 11.1 Å². The lowest BCUT2D eigenvalue weighted by molar-refractivity contribution is 0.367. The Hall–Kier alpha value is -1.12. The summed E-state index contributed by atoms with van der Waals surface area (Å²) in [7, 11) is 0. The average molecular weight is 360 g/mol. The minimum atomic E-state index is 0.159. The summed E-state index contributed by atoms with van der Waals surface area (Å²) in [4.78, 5) is 0. The van der Waals surface area contributed by atoms with Crippen molar-refractivity contribution in [2.24, 2.45) is 5.92 Å². The Morgan fingerprint density at radius 2 is 1.55 bits per heavy atom. The van der Waals surface area contributed by atoms with Crippen LogP contribution in [0.25, 0.3) is 0 Å². The summed E-state index contributed by atoms with van der Waals surface area (Å²) in [6.45, 7) is 7.72. The number of hydrogen-bond acceptors (Lipinski definition) is 1. The molecule has 0 bridgehead atoms. The van der Waals surface area contributed by atoms with E-state index < -0.39 is 0 Å². The van der Waals surface area contributed by atoms with Crippen molar-refractivity contribution in [3.05, 3.63) is 70.2 Å². The third kappa shape index (κ3) is 6.33. The lowest BCUT2D eigenvalue weighted by Gasteiger charge is -2.25. The van der Waals surface area contributed by atoms with Gasteiger partial charge in [-0.05, 0) is 69.3 Å². The topological polar surface area (TPSA) is 12.0 Å². The van der Waals surface area contributed by atoms with E-state index in [0.717, 1.165) is 23.9 Å². The number of rotatable bonds is 6. The zero-order valence-electron chi connectivity index (χ0n) is 13.8. The van der Waals surface area contributed by atoms with Crippen LogP contribution in [0.15, 0.2) is 59.1 Å². The maximum atomic E-state index is 3.67. The molecule has 0 amide bonds. The molecule has 118 valence electrons. The molecule has 22 heavy (non-hydrogen) atoms. The molecule has 0 saturated heterocycles. The minimum Gasteiger partial charge on any atom is -0.312 e.